The molecule has 0 radical (unpaired) electrons. The van der Waals surface area contributed by atoms with Gasteiger partial charge in [0.05, 0.1) is 18.1 Å². The summed E-state index contributed by atoms with van der Waals surface area (Å²) < 4.78 is 49.8. The molecular formula is C21H19FN2O4S. The number of anilines is 1. The number of aryl methyl sites for hydroxylation is 1. The second-order valence-corrected chi connectivity index (χ2v) is 8.58. The Morgan fingerprint density at radius 1 is 1.14 bits per heavy atom. The Morgan fingerprint density at radius 3 is 2.62 bits per heavy atom. The van der Waals surface area contributed by atoms with Gasteiger partial charge in [0.2, 0.25) is 15.9 Å². The van der Waals surface area contributed by atoms with E-state index in [1.807, 2.05) is 12.1 Å². The Balaban J connectivity index is 1.45. The molecule has 2 heterocycles. The third-order valence-corrected chi connectivity index (χ3v) is 5.09. The molecule has 0 bridgehead atoms. The van der Waals surface area contributed by atoms with E-state index in [4.69, 9.17) is 9.47 Å². The molecule has 1 N–H and O–H groups in total. The number of nitrogens with zero attached hydrogens (tertiary/aromatic N) is 1. The van der Waals surface area contributed by atoms with E-state index < -0.39 is 10.0 Å². The zero-order chi connectivity index (χ0) is 20.4. The summed E-state index contributed by atoms with van der Waals surface area (Å²) in [6, 6.07) is 15.1. The molecule has 29 heavy (non-hydrogen) atoms. The van der Waals surface area contributed by atoms with E-state index in [1.54, 1.807) is 30.3 Å². The summed E-state index contributed by atoms with van der Waals surface area (Å²) in [5.74, 6) is 1.48. The van der Waals surface area contributed by atoms with E-state index in [2.05, 4.69) is 9.71 Å². The minimum Gasteiger partial charge on any atom is -0.485 e. The van der Waals surface area contributed by atoms with Gasteiger partial charge in [0.15, 0.2) is 0 Å². The molecule has 4 rings (SSSR count). The standard InChI is InChI=1S/C21H19FN2O4S/c1-29(25,26)24-17-7-11-21(23-13-17)27-18-8-10-20-15(12-18)4-9-19(28-20)14-2-5-16(22)6-3-14/h2-3,5-8,10-13,19,24H,4,9H2,1H3. The van der Waals surface area contributed by atoms with Gasteiger partial charge in [-0.05, 0) is 60.4 Å². The number of ether oxygens (including phenoxy) is 2. The first-order valence-electron chi connectivity index (χ1n) is 9.02. The summed E-state index contributed by atoms with van der Waals surface area (Å²) in [4.78, 5) is 4.12. The van der Waals surface area contributed by atoms with Crippen molar-refractivity contribution >= 4 is 15.7 Å². The smallest absolute Gasteiger partial charge is 0.229 e. The highest BCUT2D eigenvalue weighted by Gasteiger charge is 2.22. The number of benzene rings is 2. The zero-order valence-electron chi connectivity index (χ0n) is 15.6. The maximum Gasteiger partial charge on any atom is 0.229 e. The van der Waals surface area contributed by atoms with Gasteiger partial charge >= 0.3 is 0 Å². The maximum atomic E-state index is 13.1. The van der Waals surface area contributed by atoms with Crippen LogP contribution >= 0.6 is 0 Å². The van der Waals surface area contributed by atoms with Gasteiger partial charge in [0, 0.05) is 6.07 Å². The molecule has 0 spiro atoms. The van der Waals surface area contributed by atoms with E-state index >= 15 is 0 Å². The summed E-state index contributed by atoms with van der Waals surface area (Å²) in [6.45, 7) is 0. The highest BCUT2D eigenvalue weighted by molar-refractivity contribution is 7.92. The molecule has 0 saturated heterocycles. The van der Waals surface area contributed by atoms with Crippen LogP contribution < -0.4 is 14.2 Å². The lowest BCUT2D eigenvalue weighted by molar-refractivity contribution is 0.176. The second kappa shape index (κ2) is 7.71. The predicted octanol–water partition coefficient (Wildman–Crippen LogP) is 4.45. The molecule has 0 saturated carbocycles. The van der Waals surface area contributed by atoms with Crippen molar-refractivity contribution in [2.24, 2.45) is 0 Å². The number of aromatic nitrogens is 1. The lowest BCUT2D eigenvalue weighted by atomic mass is 9.97. The van der Waals surface area contributed by atoms with Gasteiger partial charge in [-0.15, -0.1) is 0 Å². The van der Waals surface area contributed by atoms with Gasteiger partial charge in [0.25, 0.3) is 0 Å². The summed E-state index contributed by atoms with van der Waals surface area (Å²) in [5.41, 5.74) is 2.34. The van der Waals surface area contributed by atoms with Crippen molar-refractivity contribution in [1.82, 2.24) is 4.98 Å². The summed E-state index contributed by atoms with van der Waals surface area (Å²) in [5, 5.41) is 0. The molecule has 6 nitrogen and oxygen atoms in total. The zero-order valence-corrected chi connectivity index (χ0v) is 16.4. The van der Waals surface area contributed by atoms with Crippen LogP contribution in [0.1, 0.15) is 23.7 Å². The number of hydrogen-bond donors (Lipinski definition) is 1. The van der Waals surface area contributed by atoms with Crippen molar-refractivity contribution in [3.63, 3.8) is 0 Å². The lowest BCUT2D eigenvalue weighted by Gasteiger charge is -2.26. The number of hydrogen-bond acceptors (Lipinski definition) is 5. The van der Waals surface area contributed by atoms with E-state index in [1.165, 1.54) is 18.3 Å². The molecule has 2 aromatic carbocycles. The van der Waals surface area contributed by atoms with Crippen LogP contribution in [0.5, 0.6) is 17.4 Å². The number of pyridine rings is 1. The lowest BCUT2D eigenvalue weighted by Crippen LogP contribution is -2.15. The van der Waals surface area contributed by atoms with Crippen LogP contribution in [-0.2, 0) is 16.4 Å². The average Bonchev–Trinajstić information content (AvgIpc) is 2.69. The molecule has 0 fully saturated rings. The Labute approximate surface area is 168 Å². The van der Waals surface area contributed by atoms with Gasteiger partial charge in [0.1, 0.15) is 23.4 Å². The van der Waals surface area contributed by atoms with E-state index in [0.717, 1.165) is 36.0 Å². The number of nitrogens with one attached hydrogen (secondary N) is 1. The molecule has 1 aliphatic rings. The number of halogens is 1. The predicted molar refractivity (Wildman–Crippen MR) is 107 cm³/mol. The first-order chi connectivity index (χ1) is 13.9. The van der Waals surface area contributed by atoms with Crippen molar-refractivity contribution in [2.45, 2.75) is 18.9 Å². The van der Waals surface area contributed by atoms with Crippen LogP contribution in [0.3, 0.4) is 0 Å². The van der Waals surface area contributed by atoms with Gasteiger partial charge < -0.3 is 9.47 Å². The van der Waals surface area contributed by atoms with E-state index in [-0.39, 0.29) is 11.9 Å². The van der Waals surface area contributed by atoms with Crippen molar-refractivity contribution < 1.29 is 22.3 Å². The molecule has 150 valence electrons. The van der Waals surface area contributed by atoms with Gasteiger partial charge in [-0.25, -0.2) is 17.8 Å². The van der Waals surface area contributed by atoms with Crippen LogP contribution in [0.4, 0.5) is 10.1 Å². The van der Waals surface area contributed by atoms with Gasteiger partial charge in [-0.2, -0.15) is 0 Å². The molecule has 0 aliphatic carbocycles. The fourth-order valence-electron chi connectivity index (χ4n) is 3.18. The van der Waals surface area contributed by atoms with Gasteiger partial charge in [-0.1, -0.05) is 12.1 Å². The van der Waals surface area contributed by atoms with E-state index in [0.29, 0.717) is 17.3 Å². The highest BCUT2D eigenvalue weighted by Crippen LogP contribution is 2.37. The average molecular weight is 414 g/mol. The Bertz CT molecular complexity index is 1120. The quantitative estimate of drug-likeness (QED) is 0.667. The maximum absolute atomic E-state index is 13.1. The molecular weight excluding hydrogens is 395 g/mol. The normalized spacial score (nSPS) is 15.9. The molecule has 1 aromatic heterocycles. The second-order valence-electron chi connectivity index (χ2n) is 6.83. The summed E-state index contributed by atoms with van der Waals surface area (Å²) >= 11 is 0. The van der Waals surface area contributed by atoms with Crippen LogP contribution in [0, 0.1) is 5.82 Å². The van der Waals surface area contributed by atoms with Crippen LogP contribution in [-0.4, -0.2) is 19.7 Å². The van der Waals surface area contributed by atoms with Crippen molar-refractivity contribution in [3.05, 3.63) is 77.7 Å². The van der Waals surface area contributed by atoms with E-state index in [9.17, 15) is 12.8 Å². The van der Waals surface area contributed by atoms with Crippen molar-refractivity contribution in [1.29, 1.82) is 0 Å². The summed E-state index contributed by atoms with van der Waals surface area (Å²) in [6.07, 6.45) is 3.95. The Kier molecular flexibility index (Phi) is 5.10. The highest BCUT2D eigenvalue weighted by atomic mass is 32.2. The molecule has 8 heteroatoms. The number of rotatable bonds is 5. The molecule has 1 aliphatic heterocycles. The molecule has 1 atom stereocenters. The minimum atomic E-state index is -3.35. The Hall–Kier alpha value is -3.13. The topological polar surface area (TPSA) is 77.5 Å². The SMILES string of the molecule is CS(=O)(=O)Nc1ccc(Oc2ccc3c(c2)CCC(c2ccc(F)cc2)O3)nc1. The Morgan fingerprint density at radius 2 is 1.93 bits per heavy atom. The van der Waals surface area contributed by atoms with Crippen molar-refractivity contribution in [2.75, 3.05) is 11.0 Å². The molecule has 1 unspecified atom stereocenters. The molecule has 3 aromatic rings. The monoisotopic (exact) mass is 414 g/mol. The summed E-state index contributed by atoms with van der Waals surface area (Å²) in [7, 11) is -3.35. The minimum absolute atomic E-state index is 0.105. The number of sulfonamides is 1. The fourth-order valence-corrected chi connectivity index (χ4v) is 3.73. The fraction of sp³-hybridized carbons (Fsp3) is 0.190. The number of fused-ring (bicyclic) bond motifs is 1. The van der Waals surface area contributed by atoms with Crippen LogP contribution in [0.2, 0.25) is 0 Å². The van der Waals surface area contributed by atoms with Gasteiger partial charge in [-0.3, -0.25) is 4.72 Å². The third-order valence-electron chi connectivity index (χ3n) is 4.48. The van der Waals surface area contributed by atoms with Crippen molar-refractivity contribution in [3.8, 4) is 17.4 Å². The van der Waals surface area contributed by atoms with Crippen LogP contribution in [0.15, 0.2) is 60.8 Å². The largest absolute Gasteiger partial charge is 0.485 e. The first-order valence-corrected chi connectivity index (χ1v) is 10.9. The molecule has 0 amide bonds. The third kappa shape index (κ3) is 4.83. The first kappa shape index (κ1) is 19.2. The van der Waals surface area contributed by atoms with Crippen LogP contribution in [0.25, 0.3) is 0 Å².